The molecule has 0 radical (unpaired) electrons. The van der Waals surface area contributed by atoms with Crippen LogP contribution in [0.25, 0.3) is 0 Å². The van der Waals surface area contributed by atoms with Gasteiger partial charge in [0.15, 0.2) is 0 Å². The molecule has 1 heterocycles. The quantitative estimate of drug-likeness (QED) is 0.768. The van der Waals surface area contributed by atoms with Crippen LogP contribution in [0.3, 0.4) is 0 Å². The summed E-state index contributed by atoms with van der Waals surface area (Å²) < 4.78 is 28.7. The highest BCUT2D eigenvalue weighted by Crippen LogP contribution is 2.22. The van der Waals surface area contributed by atoms with Crippen LogP contribution >= 0.6 is 11.6 Å². The first kappa shape index (κ1) is 15.4. The first-order valence-corrected chi connectivity index (χ1v) is 7.68. The molecule has 0 saturated carbocycles. The number of nitrogens with one attached hydrogen (secondary N) is 2. The van der Waals surface area contributed by atoms with E-state index in [1.54, 1.807) is 16.9 Å². The van der Waals surface area contributed by atoms with E-state index in [-0.39, 0.29) is 5.56 Å². The highest BCUT2D eigenvalue weighted by Gasteiger charge is 2.16. The largest absolute Gasteiger partial charge is 0.467 e. The van der Waals surface area contributed by atoms with Crippen molar-refractivity contribution >= 4 is 33.4 Å². The van der Waals surface area contributed by atoms with Gasteiger partial charge in [0.05, 0.1) is 18.4 Å². The number of carbonyl (C=O) groups excluding carboxylic acids is 1. The van der Waals surface area contributed by atoms with Gasteiger partial charge in [-0.05, 0) is 30.3 Å². The number of hydrogen-bond donors (Lipinski definition) is 3. The average Bonchev–Trinajstić information content (AvgIpc) is 2.87. The average molecular weight is 330 g/mol. The second-order valence-electron chi connectivity index (χ2n) is 4.10. The molecule has 2 aromatic rings. The van der Waals surface area contributed by atoms with E-state index in [0.29, 0.717) is 23.0 Å². The highest BCUT2D eigenvalue weighted by atomic mass is 35.5. The van der Waals surface area contributed by atoms with E-state index in [2.05, 4.69) is 5.32 Å². The molecule has 0 atom stereocenters. The van der Waals surface area contributed by atoms with Crippen molar-refractivity contribution in [3.63, 3.8) is 0 Å². The summed E-state index contributed by atoms with van der Waals surface area (Å²) >= 11 is 5.88. The number of rotatable bonds is 5. The van der Waals surface area contributed by atoms with E-state index in [9.17, 15) is 13.2 Å². The van der Waals surface area contributed by atoms with Gasteiger partial charge in [0.1, 0.15) is 5.76 Å². The smallest absolute Gasteiger partial charge is 0.298 e. The fraction of sp³-hybridized carbons (Fsp3) is 0.0833. The van der Waals surface area contributed by atoms with Crippen LogP contribution in [0.4, 0.5) is 5.69 Å². The third-order valence-corrected chi connectivity index (χ3v) is 3.20. The Bertz CT molecular complexity index is 744. The molecule has 7 nitrogen and oxygen atoms in total. The number of halogens is 1. The zero-order valence-corrected chi connectivity index (χ0v) is 12.2. The number of anilines is 1. The Morgan fingerprint density at radius 2 is 2.10 bits per heavy atom. The van der Waals surface area contributed by atoms with Crippen molar-refractivity contribution in [2.24, 2.45) is 5.14 Å². The summed E-state index contributed by atoms with van der Waals surface area (Å²) in [6.07, 6.45) is 1.52. The highest BCUT2D eigenvalue weighted by molar-refractivity contribution is 7.87. The molecule has 0 fully saturated rings. The molecular formula is C12H12ClN3O4S. The van der Waals surface area contributed by atoms with Crippen molar-refractivity contribution in [1.82, 2.24) is 4.72 Å². The lowest BCUT2D eigenvalue weighted by molar-refractivity contribution is 0.0982. The van der Waals surface area contributed by atoms with Crippen molar-refractivity contribution in [2.75, 3.05) is 5.32 Å². The fourth-order valence-electron chi connectivity index (χ4n) is 1.64. The molecular weight excluding hydrogens is 318 g/mol. The van der Waals surface area contributed by atoms with Crippen LogP contribution < -0.4 is 15.2 Å². The van der Waals surface area contributed by atoms with Crippen LogP contribution in [0.5, 0.6) is 0 Å². The van der Waals surface area contributed by atoms with Crippen LogP contribution in [-0.4, -0.2) is 14.3 Å². The summed E-state index contributed by atoms with van der Waals surface area (Å²) in [5, 5.41) is 8.12. The molecule has 0 bridgehead atoms. The summed E-state index contributed by atoms with van der Waals surface area (Å²) in [6.45, 7) is 0.309. The third-order valence-electron chi connectivity index (χ3n) is 2.49. The van der Waals surface area contributed by atoms with Crippen LogP contribution in [0, 0.1) is 0 Å². The summed E-state index contributed by atoms with van der Waals surface area (Å²) in [6, 6.07) is 7.85. The van der Waals surface area contributed by atoms with Crippen molar-refractivity contribution in [2.45, 2.75) is 6.54 Å². The van der Waals surface area contributed by atoms with Crippen LogP contribution in [0.2, 0.25) is 5.02 Å². The Morgan fingerprint density at radius 3 is 2.71 bits per heavy atom. The third kappa shape index (κ3) is 4.48. The second kappa shape index (κ2) is 6.17. The molecule has 112 valence electrons. The van der Waals surface area contributed by atoms with Gasteiger partial charge in [-0.25, -0.2) is 9.86 Å². The van der Waals surface area contributed by atoms with E-state index in [1.807, 2.05) is 0 Å². The minimum Gasteiger partial charge on any atom is -0.467 e. The van der Waals surface area contributed by atoms with E-state index < -0.39 is 16.1 Å². The van der Waals surface area contributed by atoms with Gasteiger partial charge < -0.3 is 9.73 Å². The van der Waals surface area contributed by atoms with Crippen LogP contribution in [0.15, 0.2) is 41.0 Å². The van der Waals surface area contributed by atoms with E-state index >= 15 is 0 Å². The summed E-state index contributed by atoms with van der Waals surface area (Å²) in [7, 11) is -4.14. The SMILES string of the molecule is NS(=O)(=O)NC(=O)c1ccc(Cl)cc1NCc1ccco1. The molecule has 2 rings (SSSR count). The molecule has 0 saturated heterocycles. The minimum atomic E-state index is -4.14. The Kier molecular flexibility index (Phi) is 4.51. The van der Waals surface area contributed by atoms with Gasteiger partial charge in [0.2, 0.25) is 0 Å². The standard InChI is InChI=1S/C12H12ClN3O4S/c13-8-3-4-10(12(17)16-21(14,18)19)11(6-8)15-7-9-2-1-5-20-9/h1-6,15H,7H2,(H,16,17)(H2,14,18,19). The lowest BCUT2D eigenvalue weighted by Crippen LogP contribution is -2.36. The molecule has 0 unspecified atom stereocenters. The zero-order chi connectivity index (χ0) is 15.5. The minimum absolute atomic E-state index is 0.0972. The molecule has 4 N–H and O–H groups in total. The molecule has 21 heavy (non-hydrogen) atoms. The van der Waals surface area contributed by atoms with Crippen molar-refractivity contribution in [3.05, 3.63) is 52.9 Å². The second-order valence-corrected chi connectivity index (χ2v) is 5.83. The van der Waals surface area contributed by atoms with E-state index in [0.717, 1.165) is 0 Å². The Balaban J connectivity index is 2.22. The van der Waals surface area contributed by atoms with Gasteiger partial charge in [0, 0.05) is 10.7 Å². The summed E-state index contributed by atoms with van der Waals surface area (Å²) in [4.78, 5) is 11.9. The molecule has 1 aromatic carbocycles. The van der Waals surface area contributed by atoms with Gasteiger partial charge in [-0.1, -0.05) is 11.6 Å². The van der Waals surface area contributed by atoms with Gasteiger partial charge in [0.25, 0.3) is 16.1 Å². The Labute approximate surface area is 126 Å². The molecule has 0 aliphatic carbocycles. The number of carbonyl (C=O) groups is 1. The zero-order valence-electron chi connectivity index (χ0n) is 10.7. The number of hydrogen-bond acceptors (Lipinski definition) is 5. The number of furan rings is 1. The predicted octanol–water partition coefficient (Wildman–Crippen LogP) is 1.48. The topological polar surface area (TPSA) is 114 Å². The molecule has 0 aliphatic rings. The Morgan fingerprint density at radius 1 is 1.33 bits per heavy atom. The molecule has 0 aliphatic heterocycles. The van der Waals surface area contributed by atoms with Gasteiger partial charge in [-0.3, -0.25) is 4.79 Å². The normalized spacial score (nSPS) is 11.1. The number of nitrogens with two attached hydrogens (primary N) is 1. The van der Waals surface area contributed by atoms with Crippen LogP contribution in [-0.2, 0) is 16.8 Å². The predicted molar refractivity (Wildman–Crippen MR) is 78.1 cm³/mol. The van der Waals surface area contributed by atoms with Gasteiger partial charge >= 0.3 is 0 Å². The molecule has 0 spiro atoms. The van der Waals surface area contributed by atoms with Crippen LogP contribution in [0.1, 0.15) is 16.1 Å². The van der Waals surface area contributed by atoms with Crippen molar-refractivity contribution in [1.29, 1.82) is 0 Å². The first-order chi connectivity index (χ1) is 9.85. The lowest BCUT2D eigenvalue weighted by atomic mass is 10.1. The molecule has 1 aromatic heterocycles. The van der Waals surface area contributed by atoms with Gasteiger partial charge in [-0.2, -0.15) is 8.42 Å². The van der Waals surface area contributed by atoms with Gasteiger partial charge in [-0.15, -0.1) is 0 Å². The summed E-state index contributed by atoms with van der Waals surface area (Å²) in [5.74, 6) is -0.205. The monoisotopic (exact) mass is 329 g/mol. The maximum atomic E-state index is 11.9. The number of amides is 1. The fourth-order valence-corrected chi connectivity index (χ4v) is 2.18. The molecule has 1 amide bonds. The maximum absolute atomic E-state index is 11.9. The summed E-state index contributed by atoms with van der Waals surface area (Å²) in [5.41, 5.74) is 0.458. The molecule has 9 heteroatoms. The number of benzene rings is 1. The Hall–Kier alpha value is -2.03. The van der Waals surface area contributed by atoms with E-state index in [4.69, 9.17) is 21.2 Å². The van der Waals surface area contributed by atoms with Crippen molar-refractivity contribution in [3.8, 4) is 0 Å². The maximum Gasteiger partial charge on any atom is 0.298 e. The lowest BCUT2D eigenvalue weighted by Gasteiger charge is -2.11. The van der Waals surface area contributed by atoms with E-state index in [1.165, 1.54) is 24.5 Å². The first-order valence-electron chi connectivity index (χ1n) is 5.76. The van der Waals surface area contributed by atoms with Crippen molar-refractivity contribution < 1.29 is 17.6 Å².